The summed E-state index contributed by atoms with van der Waals surface area (Å²) in [6, 6.07) is 14.1. The second-order valence-electron chi connectivity index (χ2n) is 6.14. The lowest BCUT2D eigenvalue weighted by molar-refractivity contribution is -0.862. The van der Waals surface area contributed by atoms with Crippen LogP contribution in [-0.2, 0) is 14.4 Å². The number of benzene rings is 2. The number of nitrogens with one attached hydrogen (secondary N) is 3. The average Bonchev–Trinajstić information content (AvgIpc) is 2.62. The van der Waals surface area contributed by atoms with Gasteiger partial charge in [0.2, 0.25) is 5.91 Å². The van der Waals surface area contributed by atoms with E-state index in [1.165, 1.54) is 11.8 Å². The molecule has 1 atom stereocenters. The van der Waals surface area contributed by atoms with Crippen LogP contribution in [0, 0.1) is 0 Å². The number of para-hydroxylation sites is 2. The quantitative estimate of drug-likeness (QED) is 0.453. The number of quaternary nitrogens is 1. The van der Waals surface area contributed by atoms with Gasteiger partial charge in [-0.15, -0.1) is 11.8 Å². The number of hydrogen-bond donors (Lipinski definition) is 4. The van der Waals surface area contributed by atoms with Gasteiger partial charge in [-0.05, 0) is 24.3 Å². The largest absolute Gasteiger partial charge is 0.369 e. The predicted molar refractivity (Wildman–Crippen MR) is 112 cm³/mol. The van der Waals surface area contributed by atoms with Gasteiger partial charge >= 0.3 is 0 Å². The molecule has 0 radical (unpaired) electrons. The van der Waals surface area contributed by atoms with Crippen LogP contribution in [0.4, 0.5) is 11.4 Å². The highest BCUT2D eigenvalue weighted by Crippen LogP contribution is 2.26. The second-order valence-corrected chi connectivity index (χ2v) is 7.56. The molecule has 5 N–H and O–H groups in total. The van der Waals surface area contributed by atoms with Gasteiger partial charge in [0.1, 0.15) is 0 Å². The highest BCUT2D eigenvalue weighted by Gasteiger charge is 2.16. The summed E-state index contributed by atoms with van der Waals surface area (Å²) in [4.78, 5) is 36.9. The Morgan fingerprint density at radius 2 is 1.50 bits per heavy atom. The minimum Gasteiger partial charge on any atom is -0.369 e. The van der Waals surface area contributed by atoms with Crippen LogP contribution in [-0.4, -0.2) is 43.6 Å². The Bertz CT molecular complexity index is 863. The van der Waals surface area contributed by atoms with E-state index in [1.54, 1.807) is 49.5 Å². The SMILES string of the molecule is C[NH+](CC(=O)Nc1ccccc1Cl)CC(=O)Nc1ccccc1SCC(N)=O. The van der Waals surface area contributed by atoms with Gasteiger partial charge in [-0.3, -0.25) is 14.4 Å². The smallest absolute Gasteiger partial charge is 0.279 e. The third kappa shape index (κ3) is 7.22. The molecule has 0 aliphatic heterocycles. The van der Waals surface area contributed by atoms with Crippen molar-refractivity contribution in [2.24, 2.45) is 5.73 Å². The van der Waals surface area contributed by atoms with Crippen molar-refractivity contribution in [3.05, 3.63) is 53.6 Å². The summed E-state index contributed by atoms with van der Waals surface area (Å²) >= 11 is 7.28. The van der Waals surface area contributed by atoms with Crippen LogP contribution in [0.25, 0.3) is 0 Å². The fourth-order valence-electron chi connectivity index (χ4n) is 2.41. The number of primary amides is 1. The molecule has 0 bridgehead atoms. The van der Waals surface area contributed by atoms with Crippen molar-refractivity contribution in [1.29, 1.82) is 0 Å². The molecule has 0 aliphatic carbocycles. The van der Waals surface area contributed by atoms with E-state index in [4.69, 9.17) is 17.3 Å². The van der Waals surface area contributed by atoms with Crippen LogP contribution in [0.5, 0.6) is 0 Å². The van der Waals surface area contributed by atoms with Crippen LogP contribution >= 0.6 is 23.4 Å². The van der Waals surface area contributed by atoms with E-state index in [0.29, 0.717) is 21.3 Å². The summed E-state index contributed by atoms with van der Waals surface area (Å²) in [7, 11) is 1.75. The number of halogens is 1. The highest BCUT2D eigenvalue weighted by atomic mass is 35.5. The molecule has 0 aromatic heterocycles. The van der Waals surface area contributed by atoms with E-state index < -0.39 is 5.91 Å². The summed E-state index contributed by atoms with van der Waals surface area (Å²) in [5.74, 6) is -0.786. The lowest BCUT2D eigenvalue weighted by Crippen LogP contribution is -3.11. The topological polar surface area (TPSA) is 106 Å². The summed E-state index contributed by atoms with van der Waals surface area (Å²) in [5.41, 5.74) is 6.31. The number of amides is 3. The van der Waals surface area contributed by atoms with Crippen LogP contribution in [0.3, 0.4) is 0 Å². The van der Waals surface area contributed by atoms with E-state index in [2.05, 4.69) is 10.6 Å². The first-order valence-corrected chi connectivity index (χ1v) is 9.87. The molecule has 0 saturated heterocycles. The maximum atomic E-state index is 12.3. The molecular weight excluding hydrogens is 400 g/mol. The molecule has 9 heteroatoms. The van der Waals surface area contributed by atoms with Crippen molar-refractivity contribution in [2.45, 2.75) is 4.90 Å². The molecule has 1 unspecified atom stereocenters. The Hall–Kier alpha value is -2.55. The standard InChI is InChI=1S/C19H21ClN4O3S/c1-24(10-18(26)22-14-7-3-2-6-13(14)20)11-19(27)23-15-8-4-5-9-16(15)28-12-17(21)25/h2-9H,10-12H2,1H3,(H2,21,25)(H,22,26)(H,23,27)/p+1. The maximum absolute atomic E-state index is 12.3. The molecular formula is C19H22ClN4O3S+. The summed E-state index contributed by atoms with van der Waals surface area (Å²) in [5, 5.41) is 6.00. The zero-order valence-electron chi connectivity index (χ0n) is 15.3. The summed E-state index contributed by atoms with van der Waals surface area (Å²) in [6.07, 6.45) is 0. The molecule has 0 saturated carbocycles. The van der Waals surface area contributed by atoms with E-state index in [-0.39, 0.29) is 30.7 Å². The monoisotopic (exact) mass is 421 g/mol. The molecule has 2 aromatic carbocycles. The molecule has 2 rings (SSSR count). The first kappa shape index (κ1) is 21.7. The van der Waals surface area contributed by atoms with Crippen molar-refractivity contribution in [3.63, 3.8) is 0 Å². The van der Waals surface area contributed by atoms with Gasteiger partial charge in [0.25, 0.3) is 11.8 Å². The molecule has 2 aromatic rings. The van der Waals surface area contributed by atoms with E-state index in [0.717, 1.165) is 4.90 Å². The first-order chi connectivity index (χ1) is 13.3. The number of hydrogen-bond acceptors (Lipinski definition) is 4. The Morgan fingerprint density at radius 1 is 0.964 bits per heavy atom. The summed E-state index contributed by atoms with van der Waals surface area (Å²) < 4.78 is 0. The highest BCUT2D eigenvalue weighted by molar-refractivity contribution is 8.00. The van der Waals surface area contributed by atoms with Crippen LogP contribution in [0.2, 0.25) is 5.02 Å². The zero-order valence-corrected chi connectivity index (χ0v) is 16.9. The lowest BCUT2D eigenvalue weighted by atomic mass is 10.3. The molecule has 0 aliphatic rings. The molecule has 7 nitrogen and oxygen atoms in total. The second kappa shape index (κ2) is 10.7. The van der Waals surface area contributed by atoms with Crippen LogP contribution < -0.4 is 21.3 Å². The number of nitrogens with two attached hydrogens (primary N) is 1. The van der Waals surface area contributed by atoms with E-state index in [1.807, 2.05) is 6.07 Å². The normalized spacial score (nSPS) is 11.5. The van der Waals surface area contributed by atoms with Gasteiger partial charge in [0.15, 0.2) is 13.1 Å². The van der Waals surface area contributed by atoms with Gasteiger partial charge < -0.3 is 21.3 Å². The van der Waals surface area contributed by atoms with Gasteiger partial charge in [0, 0.05) is 4.90 Å². The molecule has 0 heterocycles. The number of carbonyl (C=O) groups is 3. The van der Waals surface area contributed by atoms with Crippen molar-refractivity contribution in [1.82, 2.24) is 0 Å². The molecule has 0 fully saturated rings. The van der Waals surface area contributed by atoms with Crippen molar-refractivity contribution >= 4 is 52.5 Å². The lowest BCUT2D eigenvalue weighted by Gasteiger charge is -2.15. The van der Waals surface area contributed by atoms with Crippen molar-refractivity contribution in [2.75, 3.05) is 36.5 Å². The number of rotatable bonds is 9. The minimum atomic E-state index is -0.431. The van der Waals surface area contributed by atoms with Crippen LogP contribution in [0.15, 0.2) is 53.4 Å². The molecule has 0 spiro atoms. The minimum absolute atomic E-state index is 0.102. The third-order valence-electron chi connectivity index (χ3n) is 3.60. The van der Waals surface area contributed by atoms with Gasteiger partial charge in [-0.1, -0.05) is 35.9 Å². The number of carbonyl (C=O) groups excluding carboxylic acids is 3. The zero-order chi connectivity index (χ0) is 20.5. The molecule has 3 amide bonds. The fraction of sp³-hybridized carbons (Fsp3) is 0.211. The fourth-order valence-corrected chi connectivity index (χ4v) is 3.34. The number of likely N-dealkylation sites (N-methyl/N-ethyl adjacent to an activating group) is 1. The Balaban J connectivity index is 1.86. The van der Waals surface area contributed by atoms with Gasteiger partial charge in [0.05, 0.1) is 29.2 Å². The average molecular weight is 422 g/mol. The van der Waals surface area contributed by atoms with Gasteiger partial charge in [-0.2, -0.15) is 0 Å². The molecule has 28 heavy (non-hydrogen) atoms. The van der Waals surface area contributed by atoms with Crippen LogP contribution in [0.1, 0.15) is 0 Å². The number of anilines is 2. The number of thioether (sulfide) groups is 1. The van der Waals surface area contributed by atoms with E-state index in [9.17, 15) is 14.4 Å². The Morgan fingerprint density at radius 3 is 2.11 bits per heavy atom. The predicted octanol–water partition coefficient (Wildman–Crippen LogP) is 1.01. The third-order valence-corrected chi connectivity index (χ3v) is 5.03. The molecule has 148 valence electrons. The summed E-state index contributed by atoms with van der Waals surface area (Å²) in [6.45, 7) is 0.210. The Kier molecular flexibility index (Phi) is 8.31. The first-order valence-electron chi connectivity index (χ1n) is 8.51. The Labute approximate surface area is 172 Å². The van der Waals surface area contributed by atoms with Crippen molar-refractivity contribution < 1.29 is 19.3 Å². The van der Waals surface area contributed by atoms with Gasteiger partial charge in [-0.25, -0.2) is 0 Å². The van der Waals surface area contributed by atoms with E-state index >= 15 is 0 Å². The maximum Gasteiger partial charge on any atom is 0.279 e. The van der Waals surface area contributed by atoms with Crippen molar-refractivity contribution in [3.8, 4) is 0 Å².